The lowest BCUT2D eigenvalue weighted by atomic mass is 10.1. The Labute approximate surface area is 119 Å². The van der Waals surface area contributed by atoms with Crippen LogP contribution in [0.15, 0.2) is 36.4 Å². The van der Waals surface area contributed by atoms with Gasteiger partial charge >= 0.3 is 0 Å². The minimum absolute atomic E-state index is 0.537. The van der Waals surface area contributed by atoms with Crippen molar-refractivity contribution >= 4 is 5.69 Å². The number of aromatic nitrogens is 1. The number of hydrogen-bond donors (Lipinski definition) is 1. The van der Waals surface area contributed by atoms with Crippen LogP contribution in [0.2, 0.25) is 0 Å². The molecule has 102 valence electrons. The van der Waals surface area contributed by atoms with Gasteiger partial charge in [0.1, 0.15) is 18.4 Å². The van der Waals surface area contributed by atoms with E-state index in [0.717, 1.165) is 22.8 Å². The Hall–Kier alpha value is -2.54. The fraction of sp³-hybridized carbons (Fsp3) is 0.250. The second kappa shape index (κ2) is 6.58. The van der Waals surface area contributed by atoms with Gasteiger partial charge in [-0.25, -0.2) is 0 Å². The highest BCUT2D eigenvalue weighted by Gasteiger charge is 2.07. The Balaban J connectivity index is 1.93. The number of para-hydroxylation sites is 1. The van der Waals surface area contributed by atoms with E-state index < -0.39 is 0 Å². The lowest BCUT2D eigenvalue weighted by Crippen LogP contribution is -2.13. The fourth-order valence-corrected chi connectivity index (χ4v) is 1.98. The number of hydrogen-bond acceptors (Lipinski definition) is 4. The van der Waals surface area contributed by atoms with Gasteiger partial charge in [0.25, 0.3) is 0 Å². The second-order valence-electron chi connectivity index (χ2n) is 4.47. The first kappa shape index (κ1) is 13.9. The molecule has 0 saturated carbocycles. The van der Waals surface area contributed by atoms with Gasteiger partial charge < -0.3 is 10.1 Å². The van der Waals surface area contributed by atoms with Crippen LogP contribution in [0.25, 0.3) is 0 Å². The zero-order chi connectivity index (χ0) is 14.4. The minimum Gasteiger partial charge on any atom is -0.492 e. The standard InChI is InChI=1S/C16H17N3O/c1-12-10-16(15(11-17)13(2)19-12)18-8-9-20-14-6-4-3-5-7-14/h3-7,10H,8-9H2,1-2H3,(H,18,19). The van der Waals surface area contributed by atoms with Gasteiger partial charge in [-0.2, -0.15) is 5.26 Å². The number of benzene rings is 1. The van der Waals surface area contributed by atoms with Crippen LogP contribution in [0.3, 0.4) is 0 Å². The van der Waals surface area contributed by atoms with Crippen molar-refractivity contribution in [3.63, 3.8) is 0 Å². The Morgan fingerprint density at radius 1 is 1.25 bits per heavy atom. The lowest BCUT2D eigenvalue weighted by Gasteiger charge is -2.11. The Kier molecular flexibility index (Phi) is 4.56. The number of aryl methyl sites for hydroxylation is 2. The highest BCUT2D eigenvalue weighted by molar-refractivity contribution is 5.59. The molecular weight excluding hydrogens is 250 g/mol. The average molecular weight is 267 g/mol. The van der Waals surface area contributed by atoms with Gasteiger partial charge in [-0.05, 0) is 32.0 Å². The molecule has 1 N–H and O–H groups in total. The maximum Gasteiger partial charge on any atom is 0.119 e. The van der Waals surface area contributed by atoms with Crippen LogP contribution in [0.5, 0.6) is 5.75 Å². The molecule has 0 amide bonds. The summed E-state index contributed by atoms with van der Waals surface area (Å²) >= 11 is 0. The van der Waals surface area contributed by atoms with Gasteiger partial charge in [-0.3, -0.25) is 4.98 Å². The zero-order valence-corrected chi connectivity index (χ0v) is 11.7. The molecule has 1 heterocycles. The van der Waals surface area contributed by atoms with E-state index in [2.05, 4.69) is 16.4 Å². The van der Waals surface area contributed by atoms with E-state index in [-0.39, 0.29) is 0 Å². The third-order valence-corrected chi connectivity index (χ3v) is 2.87. The fourth-order valence-electron chi connectivity index (χ4n) is 1.98. The highest BCUT2D eigenvalue weighted by atomic mass is 16.5. The first-order chi connectivity index (χ1) is 9.70. The number of pyridine rings is 1. The summed E-state index contributed by atoms with van der Waals surface area (Å²) in [6.45, 7) is 4.93. The molecule has 0 radical (unpaired) electrons. The molecule has 1 aromatic heterocycles. The number of rotatable bonds is 5. The smallest absolute Gasteiger partial charge is 0.119 e. The maximum atomic E-state index is 9.16. The van der Waals surface area contributed by atoms with E-state index in [1.807, 2.05) is 50.2 Å². The molecule has 0 atom stereocenters. The Bertz CT molecular complexity index is 618. The third-order valence-electron chi connectivity index (χ3n) is 2.87. The van der Waals surface area contributed by atoms with E-state index in [0.29, 0.717) is 18.7 Å². The first-order valence-electron chi connectivity index (χ1n) is 6.51. The van der Waals surface area contributed by atoms with E-state index in [4.69, 9.17) is 10.00 Å². The summed E-state index contributed by atoms with van der Waals surface area (Å²) in [5, 5.41) is 12.4. The molecular formula is C16H17N3O. The summed E-state index contributed by atoms with van der Waals surface area (Å²) in [7, 11) is 0. The molecule has 4 nitrogen and oxygen atoms in total. The summed E-state index contributed by atoms with van der Waals surface area (Å²) in [4.78, 5) is 4.29. The van der Waals surface area contributed by atoms with Crippen LogP contribution in [0.1, 0.15) is 17.0 Å². The van der Waals surface area contributed by atoms with Crippen LogP contribution in [0, 0.1) is 25.2 Å². The number of anilines is 1. The van der Waals surface area contributed by atoms with Crippen molar-refractivity contribution in [2.45, 2.75) is 13.8 Å². The average Bonchev–Trinajstić information content (AvgIpc) is 2.44. The van der Waals surface area contributed by atoms with E-state index >= 15 is 0 Å². The van der Waals surface area contributed by atoms with Gasteiger partial charge in [-0.15, -0.1) is 0 Å². The number of nitriles is 1. The summed E-state index contributed by atoms with van der Waals surface area (Å²) in [6.07, 6.45) is 0. The van der Waals surface area contributed by atoms with Crippen molar-refractivity contribution in [3.8, 4) is 11.8 Å². The monoisotopic (exact) mass is 267 g/mol. The predicted molar refractivity (Wildman–Crippen MR) is 78.9 cm³/mol. The van der Waals surface area contributed by atoms with Gasteiger partial charge in [0.2, 0.25) is 0 Å². The minimum atomic E-state index is 0.537. The van der Waals surface area contributed by atoms with Gasteiger partial charge in [0, 0.05) is 12.2 Å². The van der Waals surface area contributed by atoms with E-state index in [1.54, 1.807) is 0 Å². The van der Waals surface area contributed by atoms with Crippen molar-refractivity contribution in [3.05, 3.63) is 53.3 Å². The number of nitrogens with zero attached hydrogens (tertiary/aromatic N) is 2. The van der Waals surface area contributed by atoms with Gasteiger partial charge in [0.15, 0.2) is 0 Å². The number of nitrogens with one attached hydrogen (secondary N) is 1. The molecule has 0 aliphatic heterocycles. The van der Waals surface area contributed by atoms with Crippen LogP contribution in [0.4, 0.5) is 5.69 Å². The van der Waals surface area contributed by atoms with Crippen molar-refractivity contribution in [1.29, 1.82) is 5.26 Å². The molecule has 20 heavy (non-hydrogen) atoms. The van der Waals surface area contributed by atoms with Crippen LogP contribution in [-0.2, 0) is 0 Å². The second-order valence-corrected chi connectivity index (χ2v) is 4.47. The molecule has 4 heteroatoms. The SMILES string of the molecule is Cc1cc(NCCOc2ccccc2)c(C#N)c(C)n1. The topological polar surface area (TPSA) is 57.9 Å². The van der Waals surface area contributed by atoms with Crippen LogP contribution >= 0.6 is 0 Å². The molecule has 0 aliphatic carbocycles. The largest absolute Gasteiger partial charge is 0.492 e. The molecule has 1 aromatic carbocycles. The van der Waals surface area contributed by atoms with Crippen molar-refractivity contribution < 1.29 is 4.74 Å². The zero-order valence-electron chi connectivity index (χ0n) is 11.7. The van der Waals surface area contributed by atoms with E-state index in [9.17, 15) is 0 Å². The summed E-state index contributed by atoms with van der Waals surface area (Å²) in [5.74, 6) is 0.844. The van der Waals surface area contributed by atoms with Crippen molar-refractivity contribution in [1.82, 2.24) is 4.98 Å². The summed E-state index contributed by atoms with van der Waals surface area (Å²) < 4.78 is 5.60. The quantitative estimate of drug-likeness (QED) is 0.846. The third kappa shape index (κ3) is 3.48. The predicted octanol–water partition coefficient (Wildman–Crippen LogP) is 3.06. The number of ether oxygens (including phenoxy) is 1. The first-order valence-corrected chi connectivity index (χ1v) is 6.51. The Morgan fingerprint density at radius 3 is 2.70 bits per heavy atom. The highest BCUT2D eigenvalue weighted by Crippen LogP contribution is 2.18. The molecule has 0 fully saturated rings. The summed E-state index contributed by atoms with van der Waals surface area (Å²) in [5.41, 5.74) is 3.05. The molecule has 2 rings (SSSR count). The van der Waals surface area contributed by atoms with Crippen LogP contribution < -0.4 is 10.1 Å². The van der Waals surface area contributed by atoms with Gasteiger partial charge in [-0.1, -0.05) is 18.2 Å². The van der Waals surface area contributed by atoms with Gasteiger partial charge in [0.05, 0.1) is 16.9 Å². The Morgan fingerprint density at radius 2 is 2.00 bits per heavy atom. The molecule has 0 aliphatic rings. The molecule has 2 aromatic rings. The molecule has 0 saturated heterocycles. The van der Waals surface area contributed by atoms with Crippen molar-refractivity contribution in [2.24, 2.45) is 0 Å². The molecule has 0 spiro atoms. The van der Waals surface area contributed by atoms with Crippen molar-refractivity contribution in [2.75, 3.05) is 18.5 Å². The summed E-state index contributed by atoms with van der Waals surface area (Å²) in [6, 6.07) is 13.7. The van der Waals surface area contributed by atoms with Crippen LogP contribution in [-0.4, -0.2) is 18.1 Å². The molecule has 0 unspecified atom stereocenters. The normalized spacial score (nSPS) is 9.85. The molecule has 0 bridgehead atoms. The maximum absolute atomic E-state index is 9.16. The van der Waals surface area contributed by atoms with E-state index in [1.165, 1.54) is 0 Å². The lowest BCUT2D eigenvalue weighted by molar-refractivity contribution is 0.333.